The summed E-state index contributed by atoms with van der Waals surface area (Å²) in [5.74, 6) is -4.74. The van der Waals surface area contributed by atoms with E-state index in [0.717, 1.165) is 0 Å². The van der Waals surface area contributed by atoms with Crippen molar-refractivity contribution in [1.29, 1.82) is 0 Å². The van der Waals surface area contributed by atoms with Gasteiger partial charge in [0, 0.05) is 0 Å². The Kier molecular flexibility index (Phi) is 15.1. The minimum Gasteiger partial charge on any atom is -0.480 e. The fourth-order valence-corrected chi connectivity index (χ4v) is 0.982. The molecule has 0 heterocycles. The standard InChI is InChI=1S/C9H17N3O7.C4H8N2O3/c10-4(1-13)8(16)19-3-6(12)9(17)18-2-5(11)7(14)15;5-1-3(7)9-4(8)2-6/h4-6,13H,1-3,10-12H2,(H,14,15);1-2,5-6H2/t4-,5-,6-;/m0./s1. The number of esters is 4. The lowest BCUT2D eigenvalue weighted by molar-refractivity contribution is -0.158. The molecule has 0 aliphatic heterocycles. The number of carbonyl (C=O) groups excluding carboxylic acids is 4. The van der Waals surface area contributed by atoms with Crippen LogP contribution in [-0.2, 0) is 38.2 Å². The lowest BCUT2D eigenvalue weighted by Gasteiger charge is -2.14. The highest BCUT2D eigenvalue weighted by atomic mass is 16.6. The van der Waals surface area contributed by atoms with Crippen LogP contribution in [0.25, 0.3) is 0 Å². The van der Waals surface area contributed by atoms with E-state index in [1.165, 1.54) is 0 Å². The highest BCUT2D eigenvalue weighted by Crippen LogP contribution is 1.92. The van der Waals surface area contributed by atoms with Gasteiger partial charge in [0.05, 0.1) is 19.7 Å². The molecule has 0 aromatic heterocycles. The number of ether oxygens (including phenoxy) is 3. The number of hydrogen-bond donors (Lipinski definition) is 7. The van der Waals surface area contributed by atoms with E-state index < -0.39 is 67.8 Å². The van der Waals surface area contributed by atoms with E-state index in [0.29, 0.717) is 0 Å². The molecule has 0 saturated heterocycles. The van der Waals surface area contributed by atoms with Crippen molar-refractivity contribution in [2.45, 2.75) is 18.1 Å². The Labute approximate surface area is 159 Å². The second kappa shape index (κ2) is 15.4. The Morgan fingerprint density at radius 2 is 1.14 bits per heavy atom. The van der Waals surface area contributed by atoms with Crippen LogP contribution in [0.15, 0.2) is 0 Å². The maximum Gasteiger partial charge on any atom is 0.327 e. The summed E-state index contributed by atoms with van der Waals surface area (Å²) in [6, 6.07) is -3.87. The molecule has 15 heteroatoms. The Morgan fingerprint density at radius 1 is 0.750 bits per heavy atom. The van der Waals surface area contributed by atoms with Crippen LogP contribution in [0, 0.1) is 0 Å². The van der Waals surface area contributed by atoms with Crippen molar-refractivity contribution in [3.8, 4) is 0 Å². The molecule has 15 nitrogen and oxygen atoms in total. The smallest absolute Gasteiger partial charge is 0.327 e. The van der Waals surface area contributed by atoms with Crippen LogP contribution in [0.3, 0.4) is 0 Å². The number of aliphatic hydroxyl groups is 1. The van der Waals surface area contributed by atoms with Gasteiger partial charge in [0.1, 0.15) is 31.3 Å². The predicted molar refractivity (Wildman–Crippen MR) is 89.8 cm³/mol. The van der Waals surface area contributed by atoms with Crippen LogP contribution in [0.5, 0.6) is 0 Å². The van der Waals surface area contributed by atoms with E-state index in [4.69, 9.17) is 38.9 Å². The topological polar surface area (TPSA) is 284 Å². The second-order valence-electron chi connectivity index (χ2n) is 4.85. The summed E-state index contributed by atoms with van der Waals surface area (Å²) in [6.07, 6.45) is 0. The van der Waals surface area contributed by atoms with Gasteiger partial charge < -0.3 is 53.1 Å². The zero-order chi connectivity index (χ0) is 22.3. The lowest BCUT2D eigenvalue weighted by atomic mass is 10.3. The normalized spacial score (nSPS) is 13.1. The molecule has 0 unspecified atom stereocenters. The zero-order valence-electron chi connectivity index (χ0n) is 14.8. The SMILES string of the molecule is NCC(=O)OC(=O)CN.N[C@@H](COC(=O)[C@@H](N)COC(=O)[C@@H](N)CO)C(=O)O. The number of carboxylic acid groups (broad SMARTS) is 1. The predicted octanol–water partition coefficient (Wildman–Crippen LogP) is -5.89. The fraction of sp³-hybridized carbons (Fsp3) is 0.615. The Bertz CT molecular complexity index is 530. The van der Waals surface area contributed by atoms with Gasteiger partial charge in [-0.3, -0.25) is 24.0 Å². The molecule has 0 aromatic carbocycles. The van der Waals surface area contributed by atoms with Crippen LogP contribution in [0.1, 0.15) is 0 Å². The van der Waals surface area contributed by atoms with Gasteiger partial charge in [-0.25, -0.2) is 0 Å². The third kappa shape index (κ3) is 13.5. The van der Waals surface area contributed by atoms with Crippen molar-refractivity contribution in [3.63, 3.8) is 0 Å². The number of rotatable bonds is 10. The largest absolute Gasteiger partial charge is 0.480 e. The Balaban J connectivity index is 0. The molecular formula is C13H25N5O10. The molecule has 0 aliphatic carbocycles. The van der Waals surface area contributed by atoms with E-state index in [1.54, 1.807) is 0 Å². The van der Waals surface area contributed by atoms with Gasteiger partial charge in [0.15, 0.2) is 0 Å². The van der Waals surface area contributed by atoms with Crippen molar-refractivity contribution < 1.29 is 48.4 Å². The quantitative estimate of drug-likeness (QED) is 0.1000. The number of hydrogen-bond acceptors (Lipinski definition) is 14. The molecule has 0 fully saturated rings. The highest BCUT2D eigenvalue weighted by molar-refractivity contribution is 5.87. The molecule has 162 valence electrons. The Morgan fingerprint density at radius 3 is 1.50 bits per heavy atom. The zero-order valence-corrected chi connectivity index (χ0v) is 14.8. The van der Waals surface area contributed by atoms with E-state index in [-0.39, 0.29) is 13.1 Å². The van der Waals surface area contributed by atoms with Crippen LogP contribution >= 0.6 is 0 Å². The van der Waals surface area contributed by atoms with Crippen molar-refractivity contribution in [1.82, 2.24) is 0 Å². The molecular weight excluding hydrogens is 386 g/mol. The molecule has 0 bridgehead atoms. The molecule has 0 saturated carbocycles. The Hall–Kier alpha value is -2.69. The summed E-state index contributed by atoms with van der Waals surface area (Å²) in [5, 5.41) is 17.0. The molecule has 0 radical (unpaired) electrons. The van der Waals surface area contributed by atoms with Crippen LogP contribution in [-0.4, -0.2) is 91.1 Å². The van der Waals surface area contributed by atoms with Crippen LogP contribution in [0.4, 0.5) is 0 Å². The summed E-state index contributed by atoms with van der Waals surface area (Å²) >= 11 is 0. The first-order valence-corrected chi connectivity index (χ1v) is 7.57. The lowest BCUT2D eigenvalue weighted by Crippen LogP contribution is -2.43. The molecule has 28 heavy (non-hydrogen) atoms. The number of carbonyl (C=O) groups is 5. The van der Waals surface area contributed by atoms with Crippen LogP contribution < -0.4 is 28.7 Å². The highest BCUT2D eigenvalue weighted by Gasteiger charge is 2.22. The van der Waals surface area contributed by atoms with Gasteiger partial charge in [0.2, 0.25) is 0 Å². The average molecular weight is 411 g/mol. The van der Waals surface area contributed by atoms with E-state index in [9.17, 15) is 24.0 Å². The van der Waals surface area contributed by atoms with Gasteiger partial charge in [-0.15, -0.1) is 0 Å². The monoisotopic (exact) mass is 411 g/mol. The maximum atomic E-state index is 11.3. The first kappa shape index (κ1) is 27.5. The van der Waals surface area contributed by atoms with Gasteiger partial charge >= 0.3 is 29.8 Å². The third-order valence-electron chi connectivity index (χ3n) is 2.49. The average Bonchev–Trinajstić information content (AvgIpc) is 2.68. The van der Waals surface area contributed by atoms with Gasteiger partial charge in [-0.2, -0.15) is 0 Å². The number of carboxylic acids is 1. The first-order chi connectivity index (χ1) is 13.0. The minimum atomic E-state index is -1.36. The van der Waals surface area contributed by atoms with E-state index >= 15 is 0 Å². The summed E-state index contributed by atoms with van der Waals surface area (Å²) in [6.45, 7) is -2.26. The molecule has 12 N–H and O–H groups in total. The van der Waals surface area contributed by atoms with Crippen molar-refractivity contribution in [2.75, 3.05) is 32.9 Å². The van der Waals surface area contributed by atoms with Gasteiger partial charge in [-0.1, -0.05) is 0 Å². The first-order valence-electron chi connectivity index (χ1n) is 7.57. The molecule has 0 aromatic rings. The minimum absolute atomic E-state index is 0.300. The maximum absolute atomic E-state index is 11.3. The van der Waals surface area contributed by atoms with E-state index in [2.05, 4.69) is 14.2 Å². The summed E-state index contributed by atoms with van der Waals surface area (Å²) in [7, 11) is 0. The van der Waals surface area contributed by atoms with E-state index in [1.807, 2.05) is 0 Å². The second-order valence-corrected chi connectivity index (χ2v) is 4.85. The fourth-order valence-electron chi connectivity index (χ4n) is 0.982. The van der Waals surface area contributed by atoms with Crippen molar-refractivity contribution in [2.24, 2.45) is 28.7 Å². The molecule has 0 aliphatic rings. The summed E-state index contributed by atoms with van der Waals surface area (Å²) < 4.78 is 13.1. The molecule has 0 rings (SSSR count). The van der Waals surface area contributed by atoms with Crippen molar-refractivity contribution in [3.05, 3.63) is 0 Å². The van der Waals surface area contributed by atoms with Gasteiger partial charge in [0.25, 0.3) is 0 Å². The van der Waals surface area contributed by atoms with Gasteiger partial charge in [-0.05, 0) is 0 Å². The van der Waals surface area contributed by atoms with Crippen LogP contribution in [0.2, 0.25) is 0 Å². The molecule has 3 atom stereocenters. The number of aliphatic hydroxyl groups excluding tert-OH is 1. The number of nitrogens with two attached hydrogens (primary N) is 5. The molecule has 0 amide bonds. The third-order valence-corrected chi connectivity index (χ3v) is 2.49. The molecule has 0 spiro atoms. The number of aliphatic carboxylic acids is 1. The summed E-state index contributed by atoms with van der Waals surface area (Å²) in [4.78, 5) is 53.0. The summed E-state index contributed by atoms with van der Waals surface area (Å²) in [5.41, 5.74) is 25.2. The van der Waals surface area contributed by atoms with Crippen molar-refractivity contribution >= 4 is 29.8 Å².